The molecule has 0 amide bonds. The largest absolute Gasteiger partial charge is 0.481 e. The minimum Gasteiger partial charge on any atom is -0.481 e. The van der Waals surface area contributed by atoms with Gasteiger partial charge in [0, 0.05) is 11.1 Å². The summed E-state index contributed by atoms with van der Waals surface area (Å²) >= 11 is 0. The summed E-state index contributed by atoms with van der Waals surface area (Å²) in [4.78, 5) is 11.7. The minimum absolute atomic E-state index is 0.0313. The van der Waals surface area contributed by atoms with Crippen molar-refractivity contribution in [3.05, 3.63) is 0 Å². The molecule has 20 heavy (non-hydrogen) atoms. The monoisotopic (exact) mass is 283 g/mol. The predicted octanol–water partition coefficient (Wildman–Crippen LogP) is 4.21. The van der Waals surface area contributed by atoms with Gasteiger partial charge >= 0.3 is 5.97 Å². The Morgan fingerprint density at radius 2 is 1.70 bits per heavy atom. The van der Waals surface area contributed by atoms with Gasteiger partial charge in [-0.2, -0.15) is 0 Å². The second-order valence-corrected chi connectivity index (χ2v) is 7.86. The molecule has 1 rings (SSSR count). The Kier molecular flexibility index (Phi) is 6.06. The van der Waals surface area contributed by atoms with Crippen LogP contribution in [0.15, 0.2) is 0 Å². The van der Waals surface area contributed by atoms with Gasteiger partial charge in [0.1, 0.15) is 0 Å². The maximum atomic E-state index is 11.7. The van der Waals surface area contributed by atoms with Gasteiger partial charge in [-0.25, -0.2) is 0 Å². The van der Waals surface area contributed by atoms with Gasteiger partial charge in [-0.05, 0) is 52.9 Å². The summed E-state index contributed by atoms with van der Waals surface area (Å²) in [5.74, 6) is -0.479. The highest BCUT2D eigenvalue weighted by molar-refractivity contribution is 5.70. The molecule has 0 saturated carbocycles. The lowest BCUT2D eigenvalue weighted by Gasteiger charge is -2.48. The van der Waals surface area contributed by atoms with Crippen LogP contribution in [0, 0.1) is 11.8 Å². The molecule has 1 aliphatic rings. The lowest BCUT2D eigenvalue weighted by Crippen LogP contribution is -2.59. The molecule has 3 nitrogen and oxygen atoms in total. The maximum Gasteiger partial charge on any atom is 0.306 e. The lowest BCUT2D eigenvalue weighted by atomic mass is 9.69. The highest BCUT2D eigenvalue weighted by Crippen LogP contribution is 2.38. The zero-order valence-corrected chi connectivity index (χ0v) is 14.0. The van der Waals surface area contributed by atoms with E-state index in [4.69, 9.17) is 0 Å². The summed E-state index contributed by atoms with van der Waals surface area (Å²) in [7, 11) is 0. The third kappa shape index (κ3) is 5.43. The molecule has 1 atom stereocenters. The van der Waals surface area contributed by atoms with Crippen LogP contribution >= 0.6 is 0 Å². The molecule has 0 spiro atoms. The number of nitrogens with one attached hydrogen (secondary N) is 1. The molecule has 2 N–H and O–H groups in total. The first kappa shape index (κ1) is 17.5. The van der Waals surface area contributed by atoms with Gasteiger partial charge in [0.2, 0.25) is 0 Å². The second-order valence-electron chi connectivity index (χ2n) is 7.86. The molecule has 0 aromatic carbocycles. The van der Waals surface area contributed by atoms with Gasteiger partial charge in [0.25, 0.3) is 0 Å². The molecular weight excluding hydrogens is 250 g/mol. The fraction of sp³-hybridized carbons (Fsp3) is 0.941. The minimum atomic E-state index is -0.597. The number of carboxylic acids is 1. The van der Waals surface area contributed by atoms with E-state index in [0.29, 0.717) is 5.92 Å². The molecule has 3 heteroatoms. The summed E-state index contributed by atoms with van der Waals surface area (Å²) in [5, 5.41) is 13.2. The van der Waals surface area contributed by atoms with Crippen molar-refractivity contribution in [3.63, 3.8) is 0 Å². The molecule has 0 aliphatic carbocycles. The van der Waals surface area contributed by atoms with E-state index in [2.05, 4.69) is 39.9 Å². The van der Waals surface area contributed by atoms with E-state index >= 15 is 0 Å². The Hall–Kier alpha value is -0.570. The molecular formula is C17H33NO2. The quantitative estimate of drug-likeness (QED) is 0.688. The summed E-state index contributed by atoms with van der Waals surface area (Å²) in [6.45, 7) is 11.0. The van der Waals surface area contributed by atoms with Crippen molar-refractivity contribution >= 4 is 5.97 Å². The SMILES string of the molecule is CCCCCCC(C(=O)O)C1CC(C)(C)NC(C)(C)C1. The van der Waals surface area contributed by atoms with Gasteiger partial charge in [0.05, 0.1) is 5.92 Å². The van der Waals surface area contributed by atoms with Gasteiger partial charge in [-0.15, -0.1) is 0 Å². The van der Waals surface area contributed by atoms with Gasteiger partial charge in [-0.1, -0.05) is 32.6 Å². The molecule has 0 aromatic rings. The highest BCUT2D eigenvalue weighted by atomic mass is 16.4. The predicted molar refractivity (Wildman–Crippen MR) is 83.9 cm³/mol. The summed E-state index contributed by atoms with van der Waals surface area (Å²) in [6.07, 6.45) is 7.39. The Labute approximate surface area is 124 Å². The smallest absolute Gasteiger partial charge is 0.306 e. The van der Waals surface area contributed by atoms with Crippen molar-refractivity contribution < 1.29 is 9.90 Å². The van der Waals surface area contributed by atoms with Crippen molar-refractivity contribution in [1.29, 1.82) is 0 Å². The molecule has 1 aliphatic heterocycles. The van der Waals surface area contributed by atoms with Crippen LogP contribution in [-0.4, -0.2) is 22.2 Å². The molecule has 1 heterocycles. The first-order valence-corrected chi connectivity index (χ1v) is 8.19. The van der Waals surface area contributed by atoms with Crippen LogP contribution in [0.4, 0.5) is 0 Å². The van der Waals surface area contributed by atoms with E-state index in [9.17, 15) is 9.90 Å². The topological polar surface area (TPSA) is 49.3 Å². The van der Waals surface area contributed by atoms with E-state index in [0.717, 1.165) is 32.1 Å². The summed E-state index contributed by atoms with van der Waals surface area (Å²) in [6, 6.07) is 0. The van der Waals surface area contributed by atoms with Gasteiger partial charge in [-0.3, -0.25) is 4.79 Å². The normalized spacial score (nSPS) is 23.4. The average molecular weight is 283 g/mol. The number of hydrogen-bond acceptors (Lipinski definition) is 2. The van der Waals surface area contributed by atoms with E-state index in [1.165, 1.54) is 12.8 Å². The van der Waals surface area contributed by atoms with E-state index in [1.807, 2.05) is 0 Å². The molecule has 118 valence electrons. The van der Waals surface area contributed by atoms with Crippen LogP contribution in [0.1, 0.15) is 79.6 Å². The third-order valence-electron chi connectivity index (χ3n) is 4.48. The lowest BCUT2D eigenvalue weighted by molar-refractivity contribution is -0.145. The third-order valence-corrected chi connectivity index (χ3v) is 4.48. The molecule has 1 saturated heterocycles. The van der Waals surface area contributed by atoms with Crippen molar-refractivity contribution in [1.82, 2.24) is 5.32 Å². The number of carbonyl (C=O) groups is 1. The van der Waals surface area contributed by atoms with Crippen LogP contribution in [0.25, 0.3) is 0 Å². The summed E-state index contributed by atoms with van der Waals surface area (Å²) in [5.41, 5.74) is 0.0626. The summed E-state index contributed by atoms with van der Waals surface area (Å²) < 4.78 is 0. The van der Waals surface area contributed by atoms with Crippen LogP contribution < -0.4 is 5.32 Å². The second kappa shape index (κ2) is 6.93. The van der Waals surface area contributed by atoms with Gasteiger partial charge in [0.15, 0.2) is 0 Å². The average Bonchev–Trinajstić information content (AvgIpc) is 2.23. The maximum absolute atomic E-state index is 11.7. The first-order valence-electron chi connectivity index (χ1n) is 8.19. The number of carboxylic acid groups (broad SMARTS) is 1. The zero-order valence-electron chi connectivity index (χ0n) is 14.0. The molecule has 0 bridgehead atoms. The van der Waals surface area contributed by atoms with Crippen molar-refractivity contribution in [2.45, 2.75) is 90.6 Å². The Balaban J connectivity index is 2.68. The number of aliphatic carboxylic acids is 1. The first-order chi connectivity index (χ1) is 9.17. The fourth-order valence-corrected chi connectivity index (χ4v) is 4.04. The standard InChI is InChI=1S/C17H33NO2/c1-6-7-8-9-10-14(15(19)20)13-11-16(2,3)18-17(4,5)12-13/h13-14,18H,6-12H2,1-5H3,(H,19,20). The van der Waals surface area contributed by atoms with Crippen LogP contribution in [0.5, 0.6) is 0 Å². The molecule has 0 aromatic heterocycles. The number of piperidine rings is 1. The fourth-order valence-electron chi connectivity index (χ4n) is 4.04. The van der Waals surface area contributed by atoms with Gasteiger partial charge < -0.3 is 10.4 Å². The number of hydrogen-bond donors (Lipinski definition) is 2. The zero-order chi connectivity index (χ0) is 15.4. The van der Waals surface area contributed by atoms with E-state index < -0.39 is 5.97 Å². The Morgan fingerprint density at radius 3 is 2.15 bits per heavy atom. The van der Waals surface area contributed by atoms with Crippen LogP contribution in [0.3, 0.4) is 0 Å². The Bertz CT molecular complexity index is 307. The Morgan fingerprint density at radius 1 is 1.15 bits per heavy atom. The highest BCUT2D eigenvalue weighted by Gasteiger charge is 2.42. The molecule has 1 fully saturated rings. The van der Waals surface area contributed by atoms with Crippen LogP contribution in [-0.2, 0) is 4.79 Å². The van der Waals surface area contributed by atoms with Crippen molar-refractivity contribution in [2.24, 2.45) is 11.8 Å². The molecule has 1 unspecified atom stereocenters. The van der Waals surface area contributed by atoms with Crippen molar-refractivity contribution in [3.8, 4) is 0 Å². The number of rotatable bonds is 7. The van der Waals surface area contributed by atoms with Crippen LogP contribution in [0.2, 0.25) is 0 Å². The number of unbranched alkanes of at least 4 members (excludes halogenated alkanes) is 3. The van der Waals surface area contributed by atoms with E-state index in [1.54, 1.807) is 0 Å². The van der Waals surface area contributed by atoms with Crippen molar-refractivity contribution in [2.75, 3.05) is 0 Å². The molecule has 0 radical (unpaired) electrons. The van der Waals surface area contributed by atoms with E-state index in [-0.39, 0.29) is 17.0 Å².